The number of aromatic nitrogens is 1. The molecule has 0 amide bonds. The van der Waals surface area contributed by atoms with Crippen LogP contribution >= 0.6 is 0 Å². The Bertz CT molecular complexity index is 828. The summed E-state index contributed by atoms with van der Waals surface area (Å²) in [7, 11) is 0. The van der Waals surface area contributed by atoms with E-state index in [0.29, 0.717) is 5.56 Å². The largest absolute Gasteiger partial charge is 0.295 e. The second-order valence-electron chi connectivity index (χ2n) is 5.25. The molecule has 0 saturated carbocycles. The fourth-order valence-corrected chi connectivity index (χ4v) is 2.26. The van der Waals surface area contributed by atoms with Gasteiger partial charge >= 0.3 is 0 Å². The summed E-state index contributed by atoms with van der Waals surface area (Å²) in [6.07, 6.45) is 3.45. The molecule has 0 spiro atoms. The summed E-state index contributed by atoms with van der Waals surface area (Å²) in [6, 6.07) is 22.9. The molecule has 4 heteroatoms. The summed E-state index contributed by atoms with van der Waals surface area (Å²) in [5.41, 5.74) is 3.26. The maximum atomic E-state index is 11.5. The third kappa shape index (κ3) is 3.73. The van der Waals surface area contributed by atoms with Crippen molar-refractivity contribution in [1.29, 1.82) is 0 Å². The summed E-state index contributed by atoms with van der Waals surface area (Å²) in [5.74, 6) is 0.0461. The Labute approximate surface area is 141 Å². The number of hydrogen-bond donors (Lipinski definition) is 0. The highest BCUT2D eigenvalue weighted by atomic mass is 16.1. The van der Waals surface area contributed by atoms with E-state index in [9.17, 15) is 4.79 Å². The Morgan fingerprint density at radius 3 is 2.21 bits per heavy atom. The molecular weight excluding hydrogens is 298 g/mol. The van der Waals surface area contributed by atoms with Gasteiger partial charge in [0.05, 0.1) is 23.3 Å². The minimum atomic E-state index is 0.0461. The van der Waals surface area contributed by atoms with Crippen LogP contribution in [-0.2, 0) is 0 Å². The predicted octanol–water partition coefficient (Wildman–Crippen LogP) is 4.46. The van der Waals surface area contributed by atoms with Gasteiger partial charge < -0.3 is 0 Å². The monoisotopic (exact) mass is 315 g/mol. The Morgan fingerprint density at radius 1 is 0.917 bits per heavy atom. The van der Waals surface area contributed by atoms with Gasteiger partial charge in [-0.15, -0.1) is 0 Å². The summed E-state index contributed by atoms with van der Waals surface area (Å²) in [5, 5.41) is 6.39. The number of carbonyl (C=O) groups excluding carboxylic acids is 1. The zero-order valence-electron chi connectivity index (χ0n) is 13.3. The molecule has 3 aromatic rings. The summed E-state index contributed by atoms with van der Waals surface area (Å²) in [6.45, 7) is 1.56. The van der Waals surface area contributed by atoms with Crippen molar-refractivity contribution in [2.45, 2.75) is 6.92 Å². The lowest BCUT2D eigenvalue weighted by Gasteiger charge is -2.19. The number of pyridine rings is 1. The van der Waals surface area contributed by atoms with Crippen LogP contribution in [0.5, 0.6) is 0 Å². The summed E-state index contributed by atoms with van der Waals surface area (Å²) >= 11 is 0. The van der Waals surface area contributed by atoms with E-state index in [2.05, 4.69) is 10.1 Å². The SMILES string of the molecule is CC(=O)c1ccc(N(/N=C/c2ccccn2)c2ccccc2)cc1. The van der Waals surface area contributed by atoms with Crippen LogP contribution in [0.2, 0.25) is 0 Å². The lowest BCUT2D eigenvalue weighted by Crippen LogP contribution is -2.10. The van der Waals surface area contributed by atoms with Gasteiger partial charge in [-0.2, -0.15) is 5.10 Å². The summed E-state index contributed by atoms with van der Waals surface area (Å²) < 4.78 is 0. The molecule has 118 valence electrons. The van der Waals surface area contributed by atoms with E-state index in [4.69, 9.17) is 0 Å². The maximum absolute atomic E-state index is 11.5. The number of anilines is 2. The van der Waals surface area contributed by atoms with Crippen LogP contribution in [0.15, 0.2) is 84.1 Å². The molecule has 0 aliphatic rings. The molecule has 24 heavy (non-hydrogen) atoms. The van der Waals surface area contributed by atoms with Crippen LogP contribution in [0.25, 0.3) is 0 Å². The molecule has 0 radical (unpaired) electrons. The van der Waals surface area contributed by atoms with Crippen molar-refractivity contribution in [1.82, 2.24) is 4.98 Å². The van der Waals surface area contributed by atoms with E-state index in [0.717, 1.165) is 17.1 Å². The van der Waals surface area contributed by atoms with Crippen molar-refractivity contribution < 1.29 is 4.79 Å². The zero-order chi connectivity index (χ0) is 16.8. The first-order valence-electron chi connectivity index (χ1n) is 7.65. The Balaban J connectivity index is 1.96. The van der Waals surface area contributed by atoms with Crippen LogP contribution in [0.1, 0.15) is 23.0 Å². The molecular formula is C20H17N3O. The fraction of sp³-hybridized carbons (Fsp3) is 0.0500. The lowest BCUT2D eigenvalue weighted by molar-refractivity contribution is 0.101. The van der Waals surface area contributed by atoms with Crippen LogP contribution in [-0.4, -0.2) is 17.0 Å². The summed E-state index contributed by atoms with van der Waals surface area (Å²) in [4.78, 5) is 15.7. The number of nitrogens with zero attached hydrogens (tertiary/aromatic N) is 3. The van der Waals surface area contributed by atoms with E-state index >= 15 is 0 Å². The molecule has 0 atom stereocenters. The van der Waals surface area contributed by atoms with Gasteiger partial charge in [0, 0.05) is 11.8 Å². The molecule has 0 aliphatic carbocycles. The molecule has 3 rings (SSSR count). The third-order valence-corrected chi connectivity index (χ3v) is 3.51. The van der Waals surface area contributed by atoms with Crippen molar-refractivity contribution >= 4 is 23.4 Å². The third-order valence-electron chi connectivity index (χ3n) is 3.51. The molecule has 0 unspecified atom stereocenters. The Morgan fingerprint density at radius 2 is 1.58 bits per heavy atom. The topological polar surface area (TPSA) is 45.6 Å². The highest BCUT2D eigenvalue weighted by molar-refractivity contribution is 5.94. The number of ketones is 1. The van der Waals surface area contributed by atoms with Gasteiger partial charge in [0.25, 0.3) is 0 Å². The van der Waals surface area contributed by atoms with E-state index in [-0.39, 0.29) is 5.78 Å². The first-order valence-corrected chi connectivity index (χ1v) is 7.65. The predicted molar refractivity (Wildman–Crippen MR) is 96.9 cm³/mol. The van der Waals surface area contributed by atoms with Gasteiger partial charge in [0.2, 0.25) is 0 Å². The van der Waals surface area contributed by atoms with Gasteiger partial charge in [0.1, 0.15) is 0 Å². The quantitative estimate of drug-likeness (QED) is 0.397. The second kappa shape index (κ2) is 7.33. The molecule has 4 nitrogen and oxygen atoms in total. The number of hydrogen-bond acceptors (Lipinski definition) is 4. The Hall–Kier alpha value is -3.27. The van der Waals surface area contributed by atoms with Crippen molar-refractivity contribution in [3.05, 3.63) is 90.3 Å². The first-order chi connectivity index (χ1) is 11.7. The average Bonchev–Trinajstić information content (AvgIpc) is 2.64. The van der Waals surface area contributed by atoms with Gasteiger partial charge in [-0.3, -0.25) is 9.78 Å². The van der Waals surface area contributed by atoms with Gasteiger partial charge in [-0.25, -0.2) is 5.01 Å². The number of Topliss-reactive ketones (excluding diaryl/α,β-unsaturated/α-hetero) is 1. The highest BCUT2D eigenvalue weighted by Crippen LogP contribution is 2.26. The van der Waals surface area contributed by atoms with E-state index in [1.807, 2.05) is 77.8 Å². The number of carbonyl (C=O) groups is 1. The van der Waals surface area contributed by atoms with Gasteiger partial charge in [0.15, 0.2) is 5.78 Å². The lowest BCUT2D eigenvalue weighted by atomic mass is 10.1. The number of rotatable bonds is 5. The molecule has 0 aliphatic heterocycles. The van der Waals surface area contributed by atoms with Gasteiger partial charge in [-0.1, -0.05) is 24.3 Å². The van der Waals surface area contributed by atoms with Crippen LogP contribution < -0.4 is 5.01 Å². The Kier molecular flexibility index (Phi) is 4.77. The van der Waals surface area contributed by atoms with Crippen molar-refractivity contribution in [3.63, 3.8) is 0 Å². The van der Waals surface area contributed by atoms with Crippen LogP contribution in [0, 0.1) is 0 Å². The number of hydrazone groups is 1. The van der Waals surface area contributed by atoms with E-state index < -0.39 is 0 Å². The molecule has 1 aromatic heterocycles. The van der Waals surface area contributed by atoms with Crippen LogP contribution in [0.4, 0.5) is 11.4 Å². The standard InChI is InChI=1S/C20H17N3O/c1-16(24)17-10-12-20(13-11-17)23(19-8-3-2-4-9-19)22-15-18-7-5-6-14-21-18/h2-15H,1H3/b22-15+. The van der Waals surface area contributed by atoms with Crippen molar-refractivity contribution in [3.8, 4) is 0 Å². The smallest absolute Gasteiger partial charge is 0.159 e. The fourth-order valence-electron chi connectivity index (χ4n) is 2.26. The highest BCUT2D eigenvalue weighted by Gasteiger charge is 2.08. The molecule has 0 fully saturated rings. The zero-order valence-corrected chi connectivity index (χ0v) is 13.3. The molecule has 0 N–H and O–H groups in total. The second-order valence-corrected chi connectivity index (χ2v) is 5.25. The number of para-hydroxylation sites is 1. The number of benzene rings is 2. The van der Waals surface area contributed by atoms with E-state index in [1.165, 1.54) is 0 Å². The van der Waals surface area contributed by atoms with Crippen molar-refractivity contribution in [2.75, 3.05) is 5.01 Å². The maximum Gasteiger partial charge on any atom is 0.159 e. The minimum Gasteiger partial charge on any atom is -0.295 e. The minimum absolute atomic E-state index is 0.0461. The average molecular weight is 315 g/mol. The van der Waals surface area contributed by atoms with E-state index in [1.54, 1.807) is 19.3 Å². The van der Waals surface area contributed by atoms with Crippen LogP contribution in [0.3, 0.4) is 0 Å². The first kappa shape index (κ1) is 15.6. The molecule has 2 aromatic carbocycles. The molecule has 0 bridgehead atoms. The van der Waals surface area contributed by atoms with Gasteiger partial charge in [-0.05, 0) is 55.5 Å². The molecule has 0 saturated heterocycles. The van der Waals surface area contributed by atoms with Crippen molar-refractivity contribution in [2.24, 2.45) is 5.10 Å². The molecule has 1 heterocycles. The normalized spacial score (nSPS) is 10.7.